The number of carbonyl (C=O) groups excluding carboxylic acids is 1. The molecule has 42 heavy (non-hydrogen) atoms. The molecule has 212 valence electrons. The van der Waals surface area contributed by atoms with Gasteiger partial charge in [-0.25, -0.2) is 9.79 Å². The highest BCUT2D eigenvalue weighted by molar-refractivity contribution is 14.1. The van der Waals surface area contributed by atoms with Crippen LogP contribution in [0.15, 0.2) is 81.7 Å². The number of esters is 1. The molecule has 0 N–H and O–H groups in total. The molecule has 11 heteroatoms. The number of halogens is 3. The third-order valence-corrected chi connectivity index (χ3v) is 8.90. The first-order valence-electron chi connectivity index (χ1n) is 12.8. The van der Waals surface area contributed by atoms with E-state index in [1.54, 1.807) is 68.5 Å². The van der Waals surface area contributed by atoms with Gasteiger partial charge in [0.1, 0.15) is 18.4 Å². The van der Waals surface area contributed by atoms with E-state index in [1.807, 2.05) is 12.1 Å². The molecule has 0 unspecified atom stereocenters. The molecule has 1 aromatic heterocycles. The van der Waals surface area contributed by atoms with Gasteiger partial charge in [-0.1, -0.05) is 70.9 Å². The quantitative estimate of drug-likeness (QED) is 0.168. The summed E-state index contributed by atoms with van der Waals surface area (Å²) >= 11 is 16.3. The van der Waals surface area contributed by atoms with E-state index in [1.165, 1.54) is 15.9 Å². The van der Waals surface area contributed by atoms with Crippen molar-refractivity contribution in [1.29, 1.82) is 5.26 Å². The summed E-state index contributed by atoms with van der Waals surface area (Å²) < 4.78 is 14.1. The predicted molar refractivity (Wildman–Crippen MR) is 172 cm³/mol. The van der Waals surface area contributed by atoms with Crippen molar-refractivity contribution in [1.82, 2.24) is 4.57 Å². The van der Waals surface area contributed by atoms with Crippen molar-refractivity contribution in [3.8, 4) is 11.8 Å². The van der Waals surface area contributed by atoms with E-state index in [0.29, 0.717) is 47.5 Å². The lowest BCUT2D eigenvalue weighted by molar-refractivity contribution is -0.139. The molecule has 1 atom stereocenters. The lowest BCUT2D eigenvalue weighted by atomic mass is 9.96. The van der Waals surface area contributed by atoms with Gasteiger partial charge in [0, 0.05) is 21.2 Å². The minimum atomic E-state index is -0.825. The summed E-state index contributed by atoms with van der Waals surface area (Å²) in [6.45, 7) is 3.76. The topological polar surface area (TPSA) is 93.7 Å². The van der Waals surface area contributed by atoms with Crippen molar-refractivity contribution in [3.63, 3.8) is 0 Å². The van der Waals surface area contributed by atoms with Crippen LogP contribution in [0.2, 0.25) is 10.0 Å². The standard InChI is InChI=1S/C31H22Cl2IN3O4S/c1-3-40-30(39)26-17(2)36-31-37(27(26)22-10-6-7-11-23(22)33)29(38)25(42-31)13-20-12-21(32)14-24(34)28(20)41-16-19-9-5-4-8-18(19)15-35/h4-14,27H,3,16H2,1-2H3/b25-13-/t27-/m1/s1. The van der Waals surface area contributed by atoms with E-state index < -0.39 is 12.0 Å². The molecule has 1 aliphatic heterocycles. The Hall–Kier alpha value is -3.43. The molecule has 7 nitrogen and oxygen atoms in total. The highest BCUT2D eigenvalue weighted by Crippen LogP contribution is 2.35. The molecule has 1 aliphatic rings. The highest BCUT2D eigenvalue weighted by Gasteiger charge is 2.34. The van der Waals surface area contributed by atoms with Crippen molar-refractivity contribution >= 4 is 69.2 Å². The molecule has 0 saturated heterocycles. The lowest BCUT2D eigenvalue weighted by Crippen LogP contribution is -2.40. The minimum Gasteiger partial charge on any atom is -0.487 e. The predicted octanol–water partition coefficient (Wildman–Crippen LogP) is 6.16. The molecule has 3 aromatic carbocycles. The summed E-state index contributed by atoms with van der Waals surface area (Å²) in [6.07, 6.45) is 1.70. The number of allylic oxidation sites excluding steroid dienone is 1. The molecule has 0 fully saturated rings. The minimum absolute atomic E-state index is 0.151. The van der Waals surface area contributed by atoms with E-state index in [0.717, 1.165) is 9.13 Å². The Morgan fingerprint density at radius 2 is 1.93 bits per heavy atom. The maximum Gasteiger partial charge on any atom is 0.338 e. The number of benzene rings is 3. The van der Waals surface area contributed by atoms with Gasteiger partial charge in [-0.15, -0.1) is 0 Å². The first-order chi connectivity index (χ1) is 20.2. The smallest absolute Gasteiger partial charge is 0.338 e. The molecule has 0 aliphatic carbocycles. The molecule has 0 amide bonds. The number of hydrogen-bond donors (Lipinski definition) is 0. The third-order valence-electron chi connectivity index (χ3n) is 6.55. The van der Waals surface area contributed by atoms with Crippen LogP contribution in [0.4, 0.5) is 0 Å². The summed E-state index contributed by atoms with van der Waals surface area (Å²) in [5, 5.41) is 10.4. The van der Waals surface area contributed by atoms with E-state index >= 15 is 0 Å². The first-order valence-corrected chi connectivity index (χ1v) is 15.4. The number of carbonyl (C=O) groups is 1. The zero-order valence-electron chi connectivity index (χ0n) is 22.4. The van der Waals surface area contributed by atoms with Gasteiger partial charge in [-0.3, -0.25) is 9.36 Å². The summed E-state index contributed by atoms with van der Waals surface area (Å²) in [5.74, 6) is -0.0414. The number of nitriles is 1. The molecule has 4 aromatic rings. The second-order valence-electron chi connectivity index (χ2n) is 9.19. The molecule has 0 bridgehead atoms. The maximum absolute atomic E-state index is 14.0. The Morgan fingerprint density at radius 3 is 2.67 bits per heavy atom. The van der Waals surface area contributed by atoms with E-state index in [9.17, 15) is 14.9 Å². The van der Waals surface area contributed by atoms with E-state index in [2.05, 4.69) is 33.7 Å². The molecule has 0 radical (unpaired) electrons. The van der Waals surface area contributed by atoms with Crippen LogP contribution in [0.5, 0.6) is 5.75 Å². The van der Waals surface area contributed by atoms with Gasteiger partial charge in [0.05, 0.1) is 37.6 Å². The average molecular weight is 730 g/mol. The van der Waals surface area contributed by atoms with Gasteiger partial charge < -0.3 is 9.47 Å². The van der Waals surface area contributed by atoms with Crippen LogP contribution in [-0.4, -0.2) is 17.1 Å². The third kappa shape index (κ3) is 5.90. The van der Waals surface area contributed by atoms with Gasteiger partial charge in [0.2, 0.25) is 0 Å². The van der Waals surface area contributed by atoms with Crippen molar-refractivity contribution in [2.24, 2.45) is 4.99 Å². The number of rotatable bonds is 7. The van der Waals surface area contributed by atoms with Crippen molar-refractivity contribution in [3.05, 3.63) is 127 Å². The Morgan fingerprint density at radius 1 is 1.19 bits per heavy atom. The van der Waals surface area contributed by atoms with Gasteiger partial charge >= 0.3 is 5.97 Å². The Kier molecular flexibility index (Phi) is 9.18. The number of fused-ring (bicyclic) bond motifs is 1. The first kappa shape index (κ1) is 30.0. The maximum atomic E-state index is 14.0. The fourth-order valence-electron chi connectivity index (χ4n) is 4.67. The van der Waals surface area contributed by atoms with Crippen LogP contribution in [0, 0.1) is 14.9 Å². The van der Waals surface area contributed by atoms with Crippen LogP contribution in [0.1, 0.15) is 42.1 Å². The fraction of sp³-hybridized carbons (Fsp3) is 0.161. The van der Waals surface area contributed by atoms with Crippen molar-refractivity contribution < 1.29 is 14.3 Å². The van der Waals surface area contributed by atoms with Crippen LogP contribution in [-0.2, 0) is 16.1 Å². The molecule has 0 saturated carbocycles. The Labute approximate surface area is 269 Å². The molecule has 0 spiro atoms. The molecular weight excluding hydrogens is 708 g/mol. The average Bonchev–Trinajstić information content (AvgIpc) is 3.26. The summed E-state index contributed by atoms with van der Waals surface area (Å²) in [4.78, 5) is 32.2. The lowest BCUT2D eigenvalue weighted by Gasteiger charge is -2.25. The van der Waals surface area contributed by atoms with Gasteiger partial charge in [-0.2, -0.15) is 5.26 Å². The van der Waals surface area contributed by atoms with Gasteiger partial charge in [-0.05, 0) is 72.3 Å². The summed E-state index contributed by atoms with van der Waals surface area (Å²) in [6, 6.07) is 19.1. The van der Waals surface area contributed by atoms with Crippen molar-refractivity contribution in [2.45, 2.75) is 26.5 Å². The van der Waals surface area contributed by atoms with Gasteiger partial charge in [0.25, 0.3) is 5.56 Å². The van der Waals surface area contributed by atoms with Crippen LogP contribution < -0.4 is 19.6 Å². The monoisotopic (exact) mass is 729 g/mol. The Balaban J connectivity index is 1.66. The van der Waals surface area contributed by atoms with Crippen molar-refractivity contribution in [2.75, 3.05) is 6.61 Å². The molecule has 2 heterocycles. The Bertz CT molecular complexity index is 1980. The number of thiazole rings is 1. The summed E-state index contributed by atoms with van der Waals surface area (Å²) in [7, 11) is 0. The van der Waals surface area contributed by atoms with Crippen LogP contribution in [0.3, 0.4) is 0 Å². The fourth-order valence-corrected chi connectivity index (χ4v) is 7.16. The number of ether oxygens (including phenoxy) is 2. The zero-order valence-corrected chi connectivity index (χ0v) is 26.8. The zero-order chi connectivity index (χ0) is 30.0. The highest BCUT2D eigenvalue weighted by atomic mass is 127. The number of hydrogen-bond acceptors (Lipinski definition) is 7. The SMILES string of the molecule is CCOC(=O)C1=C(C)N=c2s/c(=C\c3cc(Cl)cc(I)c3OCc3ccccc3C#N)c(=O)n2[C@@H]1c1ccccc1Cl. The van der Waals surface area contributed by atoms with Crippen LogP contribution >= 0.6 is 57.1 Å². The van der Waals surface area contributed by atoms with E-state index in [-0.39, 0.29) is 24.3 Å². The number of aromatic nitrogens is 1. The molecule has 5 rings (SSSR count). The summed E-state index contributed by atoms with van der Waals surface area (Å²) in [5.41, 5.74) is 2.77. The van der Waals surface area contributed by atoms with Gasteiger partial charge in [0.15, 0.2) is 4.80 Å². The normalized spacial score (nSPS) is 14.7. The largest absolute Gasteiger partial charge is 0.487 e. The molecular formula is C31H22Cl2IN3O4S. The van der Waals surface area contributed by atoms with Crippen LogP contribution in [0.25, 0.3) is 6.08 Å². The second kappa shape index (κ2) is 12.8. The second-order valence-corrected chi connectivity index (χ2v) is 12.2. The number of nitrogens with zero attached hydrogens (tertiary/aromatic N) is 3. The van der Waals surface area contributed by atoms with E-state index in [4.69, 9.17) is 32.7 Å².